The summed E-state index contributed by atoms with van der Waals surface area (Å²) in [5, 5.41) is 11.4. The fraction of sp³-hybridized carbons (Fsp3) is 0.286. The van der Waals surface area contributed by atoms with Crippen LogP contribution in [0.4, 0.5) is 10.1 Å². The molecule has 1 aliphatic heterocycles. The second kappa shape index (κ2) is 13.3. The molecule has 10 nitrogen and oxygen atoms in total. The fourth-order valence-electron chi connectivity index (χ4n) is 5.97. The van der Waals surface area contributed by atoms with Crippen LogP contribution in [-0.4, -0.2) is 54.1 Å². The Morgan fingerprint density at radius 2 is 1.74 bits per heavy atom. The van der Waals surface area contributed by atoms with Crippen LogP contribution in [0, 0.1) is 23.6 Å². The van der Waals surface area contributed by atoms with Gasteiger partial charge in [-0.15, -0.1) is 0 Å². The van der Waals surface area contributed by atoms with E-state index in [9.17, 15) is 19.1 Å². The molecule has 0 saturated carbocycles. The first kappa shape index (κ1) is 30.7. The molecule has 0 bridgehead atoms. The maximum atomic E-state index is 13.9. The molecule has 0 spiro atoms. The summed E-state index contributed by atoms with van der Waals surface area (Å²) < 4.78 is 20.0. The highest BCUT2D eigenvalue weighted by Gasteiger charge is 2.39. The van der Waals surface area contributed by atoms with E-state index >= 15 is 0 Å². The van der Waals surface area contributed by atoms with E-state index in [0.29, 0.717) is 31.8 Å². The SMILES string of the molecule is Nc1c(Oc2ccc(F)cc2)ncn(CC2(O)CCN(C(=O)[C@@H]3CC=C(C#Cc4ncccn4)C[C@H]3c3ccccc3)CC2)c1=O. The molecule has 2 atom stereocenters. The van der Waals surface area contributed by atoms with Crippen molar-refractivity contribution in [2.75, 3.05) is 18.8 Å². The van der Waals surface area contributed by atoms with E-state index in [2.05, 4.69) is 26.8 Å². The van der Waals surface area contributed by atoms with Crippen LogP contribution in [0.2, 0.25) is 0 Å². The molecule has 11 heteroatoms. The van der Waals surface area contributed by atoms with Crippen LogP contribution in [0.3, 0.4) is 0 Å². The number of amides is 1. The predicted molar refractivity (Wildman–Crippen MR) is 169 cm³/mol. The van der Waals surface area contributed by atoms with Gasteiger partial charge < -0.3 is 20.5 Å². The van der Waals surface area contributed by atoms with Crippen LogP contribution >= 0.6 is 0 Å². The van der Waals surface area contributed by atoms with Crippen LogP contribution in [0.25, 0.3) is 0 Å². The van der Waals surface area contributed by atoms with E-state index in [4.69, 9.17) is 10.5 Å². The number of anilines is 1. The zero-order valence-electron chi connectivity index (χ0n) is 25.1. The topological polar surface area (TPSA) is 136 Å². The van der Waals surface area contributed by atoms with Crippen molar-refractivity contribution in [2.45, 2.75) is 43.7 Å². The number of hydrogen-bond donors (Lipinski definition) is 2. The summed E-state index contributed by atoms with van der Waals surface area (Å²) in [7, 11) is 0. The lowest BCUT2D eigenvalue weighted by atomic mass is 9.74. The van der Waals surface area contributed by atoms with Crippen molar-refractivity contribution < 1.29 is 19.0 Å². The quantitative estimate of drug-likeness (QED) is 0.308. The number of nitrogens with two attached hydrogens (primary N) is 1. The molecule has 2 aliphatic rings. The number of carbonyl (C=O) groups excluding carboxylic acids is 1. The van der Waals surface area contributed by atoms with Gasteiger partial charge in [0.2, 0.25) is 17.6 Å². The highest BCUT2D eigenvalue weighted by molar-refractivity contribution is 5.81. The summed E-state index contributed by atoms with van der Waals surface area (Å²) >= 11 is 0. The first-order chi connectivity index (χ1) is 22.3. The van der Waals surface area contributed by atoms with Crippen LogP contribution in [-0.2, 0) is 11.3 Å². The number of aliphatic hydroxyl groups is 1. The third-order valence-corrected chi connectivity index (χ3v) is 8.52. The molecule has 1 amide bonds. The molecule has 2 aromatic carbocycles. The Labute approximate surface area is 265 Å². The van der Waals surface area contributed by atoms with Gasteiger partial charge in [0, 0.05) is 37.3 Å². The van der Waals surface area contributed by atoms with Crippen LogP contribution in [0.15, 0.2) is 95.8 Å². The fourth-order valence-corrected chi connectivity index (χ4v) is 5.97. The Morgan fingerprint density at radius 3 is 2.46 bits per heavy atom. The molecule has 3 N–H and O–H groups in total. The van der Waals surface area contributed by atoms with Gasteiger partial charge in [0.25, 0.3) is 5.56 Å². The zero-order valence-corrected chi connectivity index (χ0v) is 25.1. The van der Waals surface area contributed by atoms with E-state index in [-0.39, 0.29) is 54.4 Å². The minimum Gasteiger partial charge on any atom is -0.437 e. The molecular formula is C35H33FN6O4. The maximum absolute atomic E-state index is 13.9. The van der Waals surface area contributed by atoms with Gasteiger partial charge in [-0.1, -0.05) is 42.3 Å². The Kier molecular flexibility index (Phi) is 8.90. The van der Waals surface area contributed by atoms with E-state index in [1.807, 2.05) is 41.3 Å². The van der Waals surface area contributed by atoms with Crippen LogP contribution in [0.5, 0.6) is 11.6 Å². The highest BCUT2D eigenvalue weighted by Crippen LogP contribution is 2.39. The van der Waals surface area contributed by atoms with Crippen molar-refractivity contribution >= 4 is 11.6 Å². The lowest BCUT2D eigenvalue weighted by Gasteiger charge is -2.41. The molecule has 3 heterocycles. The summed E-state index contributed by atoms with van der Waals surface area (Å²) in [5.74, 6) is 6.15. The van der Waals surface area contributed by atoms with E-state index in [1.54, 1.807) is 18.5 Å². The van der Waals surface area contributed by atoms with Gasteiger partial charge in [-0.2, -0.15) is 0 Å². The highest BCUT2D eigenvalue weighted by atomic mass is 19.1. The Morgan fingerprint density at radius 1 is 1.02 bits per heavy atom. The number of allylic oxidation sites excluding steroid dienone is 2. The van der Waals surface area contributed by atoms with Crippen LogP contribution < -0.4 is 16.0 Å². The zero-order chi connectivity index (χ0) is 32.1. The minimum atomic E-state index is -1.23. The number of hydrogen-bond acceptors (Lipinski definition) is 8. The third kappa shape index (κ3) is 6.98. The van der Waals surface area contributed by atoms with Gasteiger partial charge in [-0.3, -0.25) is 14.2 Å². The summed E-state index contributed by atoms with van der Waals surface area (Å²) in [6, 6.07) is 17.0. The summed E-state index contributed by atoms with van der Waals surface area (Å²) in [5.41, 5.74) is 6.04. The molecule has 2 aromatic heterocycles. The standard InChI is InChI=1S/C35H33FN6O4/c36-26-9-11-27(12-10-26)46-32-31(37)34(44)42(23-40-32)22-35(45)15-19-41(20-16-35)33(43)28-13-7-24(8-14-30-38-17-4-18-39-30)21-29(28)25-5-2-1-3-6-25/h1-7,9-12,17-18,23,28-29,45H,13,15-16,19-22,37H2/t28-,29+/m1/s1. The number of halogens is 1. The lowest BCUT2D eigenvalue weighted by molar-refractivity contribution is -0.141. The van der Waals surface area contributed by atoms with Gasteiger partial charge in [0.05, 0.1) is 12.1 Å². The van der Waals surface area contributed by atoms with Crippen molar-refractivity contribution in [2.24, 2.45) is 5.92 Å². The van der Waals surface area contributed by atoms with Crippen LogP contribution in [0.1, 0.15) is 43.0 Å². The van der Waals surface area contributed by atoms with Crippen molar-refractivity contribution in [1.29, 1.82) is 0 Å². The molecule has 234 valence electrons. The molecule has 0 unspecified atom stereocenters. The van der Waals surface area contributed by atoms with Gasteiger partial charge in [-0.25, -0.2) is 19.3 Å². The Bertz CT molecular complexity index is 1840. The number of rotatable bonds is 6. The summed E-state index contributed by atoms with van der Waals surface area (Å²) in [4.78, 5) is 41.3. The Hall–Kier alpha value is -5.34. The number of likely N-dealkylation sites (tertiary alicyclic amines) is 1. The number of ether oxygens (including phenoxy) is 1. The molecule has 4 aromatic rings. The lowest BCUT2D eigenvalue weighted by Crippen LogP contribution is -2.51. The number of nitrogens with zero attached hydrogens (tertiary/aromatic N) is 5. The van der Waals surface area contributed by atoms with Crippen molar-refractivity contribution in [3.63, 3.8) is 0 Å². The number of carbonyl (C=O) groups is 1. The molecule has 1 saturated heterocycles. The third-order valence-electron chi connectivity index (χ3n) is 8.52. The number of aromatic nitrogens is 4. The second-order valence-electron chi connectivity index (χ2n) is 11.6. The molecule has 1 fully saturated rings. The average Bonchev–Trinajstić information content (AvgIpc) is 3.09. The first-order valence-electron chi connectivity index (χ1n) is 15.1. The number of piperidine rings is 1. The summed E-state index contributed by atoms with van der Waals surface area (Å²) in [6.45, 7) is 0.658. The van der Waals surface area contributed by atoms with E-state index in [1.165, 1.54) is 35.2 Å². The molecule has 0 radical (unpaired) electrons. The smallest absolute Gasteiger partial charge is 0.280 e. The van der Waals surface area contributed by atoms with Gasteiger partial charge in [-0.05, 0) is 73.1 Å². The maximum Gasteiger partial charge on any atom is 0.280 e. The molecule has 6 rings (SSSR count). The Balaban J connectivity index is 1.12. The molecule has 1 aliphatic carbocycles. The second-order valence-corrected chi connectivity index (χ2v) is 11.6. The van der Waals surface area contributed by atoms with Gasteiger partial charge in [0.1, 0.15) is 17.9 Å². The normalized spacial score (nSPS) is 19.0. The number of benzene rings is 2. The van der Waals surface area contributed by atoms with Gasteiger partial charge in [0.15, 0.2) is 5.69 Å². The van der Waals surface area contributed by atoms with Crippen molar-refractivity contribution in [1.82, 2.24) is 24.4 Å². The molecular weight excluding hydrogens is 587 g/mol. The number of nitrogen functional groups attached to an aromatic ring is 1. The molecule has 46 heavy (non-hydrogen) atoms. The first-order valence-corrected chi connectivity index (χ1v) is 15.1. The summed E-state index contributed by atoms with van der Waals surface area (Å²) in [6.07, 6.45) is 8.35. The van der Waals surface area contributed by atoms with E-state index in [0.717, 1.165) is 11.1 Å². The van der Waals surface area contributed by atoms with E-state index < -0.39 is 17.0 Å². The van der Waals surface area contributed by atoms with Gasteiger partial charge >= 0.3 is 0 Å². The minimum absolute atomic E-state index is 0.0339. The van der Waals surface area contributed by atoms with Crippen molar-refractivity contribution in [3.05, 3.63) is 119 Å². The predicted octanol–water partition coefficient (Wildman–Crippen LogP) is 4.07. The monoisotopic (exact) mass is 620 g/mol. The average molecular weight is 621 g/mol. The van der Waals surface area contributed by atoms with Crippen molar-refractivity contribution in [3.8, 4) is 23.5 Å². The largest absolute Gasteiger partial charge is 0.437 e.